The molecule has 1 saturated heterocycles. The Balaban J connectivity index is 2.31. The van der Waals surface area contributed by atoms with Gasteiger partial charge in [-0.15, -0.1) is 0 Å². The fraction of sp³-hybridized carbons (Fsp3) is 0.600. The predicted octanol–water partition coefficient (Wildman–Crippen LogP) is 3.51. The third-order valence-electron chi connectivity index (χ3n) is 3.88. The van der Waals surface area contributed by atoms with Gasteiger partial charge in [0.15, 0.2) is 0 Å². The van der Waals surface area contributed by atoms with Crippen LogP contribution in [0.4, 0.5) is 10.1 Å². The average molecular weight is 251 g/mol. The molecule has 0 radical (unpaired) electrons. The van der Waals surface area contributed by atoms with Crippen LogP contribution in [0.5, 0.6) is 0 Å². The summed E-state index contributed by atoms with van der Waals surface area (Å²) < 4.78 is 14.1. The first-order valence-corrected chi connectivity index (χ1v) is 6.85. The summed E-state index contributed by atoms with van der Waals surface area (Å²) in [6.45, 7) is 5.67. The first kappa shape index (κ1) is 13.3. The smallest absolute Gasteiger partial charge is 0.146 e. The lowest BCUT2D eigenvalue weighted by atomic mass is 9.94. The molecule has 1 heterocycles. The SMILES string of the molecule is CCC1CCCN(c2c(F)cccc2C(C)O)C1. The second-order valence-electron chi connectivity index (χ2n) is 5.22. The first-order valence-electron chi connectivity index (χ1n) is 6.85. The number of hydrogen-bond acceptors (Lipinski definition) is 2. The minimum absolute atomic E-state index is 0.217. The highest BCUT2D eigenvalue weighted by Gasteiger charge is 2.24. The van der Waals surface area contributed by atoms with E-state index in [2.05, 4.69) is 11.8 Å². The summed E-state index contributed by atoms with van der Waals surface area (Å²) in [5.41, 5.74) is 1.30. The van der Waals surface area contributed by atoms with Crippen molar-refractivity contribution >= 4 is 5.69 Å². The summed E-state index contributed by atoms with van der Waals surface area (Å²) in [5, 5.41) is 9.79. The highest BCUT2D eigenvalue weighted by Crippen LogP contribution is 2.33. The van der Waals surface area contributed by atoms with Crippen molar-refractivity contribution in [2.75, 3.05) is 18.0 Å². The Morgan fingerprint density at radius 3 is 2.94 bits per heavy atom. The standard InChI is InChI=1S/C15H22FNO/c1-3-12-6-5-9-17(10-12)15-13(11(2)18)7-4-8-14(15)16/h4,7-8,11-12,18H,3,5-6,9-10H2,1-2H3. The van der Waals surface area contributed by atoms with Crippen LogP contribution in [0, 0.1) is 11.7 Å². The van der Waals surface area contributed by atoms with E-state index in [0.29, 0.717) is 17.2 Å². The molecule has 1 N–H and O–H groups in total. The van der Waals surface area contributed by atoms with Crippen LogP contribution in [0.25, 0.3) is 0 Å². The third kappa shape index (κ3) is 2.66. The zero-order chi connectivity index (χ0) is 13.1. The zero-order valence-corrected chi connectivity index (χ0v) is 11.2. The summed E-state index contributed by atoms with van der Waals surface area (Å²) in [7, 11) is 0. The lowest BCUT2D eigenvalue weighted by Crippen LogP contribution is -2.36. The molecule has 0 saturated carbocycles. The van der Waals surface area contributed by atoms with Crippen molar-refractivity contribution in [3.8, 4) is 0 Å². The van der Waals surface area contributed by atoms with Gasteiger partial charge in [0.2, 0.25) is 0 Å². The molecule has 0 spiro atoms. The molecule has 1 fully saturated rings. The van der Waals surface area contributed by atoms with E-state index in [-0.39, 0.29) is 5.82 Å². The fourth-order valence-electron chi connectivity index (χ4n) is 2.80. The van der Waals surface area contributed by atoms with Gasteiger partial charge in [0.1, 0.15) is 5.82 Å². The van der Waals surface area contributed by atoms with Crippen LogP contribution in [0.3, 0.4) is 0 Å². The van der Waals surface area contributed by atoms with Gasteiger partial charge in [0, 0.05) is 18.7 Å². The number of nitrogens with zero attached hydrogens (tertiary/aromatic N) is 1. The van der Waals surface area contributed by atoms with Gasteiger partial charge in [-0.25, -0.2) is 4.39 Å². The van der Waals surface area contributed by atoms with Crippen molar-refractivity contribution in [2.24, 2.45) is 5.92 Å². The van der Waals surface area contributed by atoms with Gasteiger partial charge in [-0.05, 0) is 31.7 Å². The molecule has 3 heteroatoms. The number of piperidine rings is 1. The van der Waals surface area contributed by atoms with Crippen molar-refractivity contribution < 1.29 is 9.50 Å². The Hall–Kier alpha value is -1.09. The Bertz CT molecular complexity index is 405. The maximum Gasteiger partial charge on any atom is 0.146 e. The molecule has 0 aromatic heterocycles. The number of hydrogen-bond donors (Lipinski definition) is 1. The molecule has 1 aromatic carbocycles. The molecule has 1 aliphatic heterocycles. The van der Waals surface area contributed by atoms with Crippen LogP contribution in [0.2, 0.25) is 0 Å². The molecule has 2 atom stereocenters. The average Bonchev–Trinajstić information content (AvgIpc) is 2.38. The summed E-state index contributed by atoms with van der Waals surface area (Å²) in [6, 6.07) is 4.97. The predicted molar refractivity (Wildman–Crippen MR) is 72.3 cm³/mol. The van der Waals surface area contributed by atoms with E-state index >= 15 is 0 Å². The van der Waals surface area contributed by atoms with Crippen LogP contribution in [0.1, 0.15) is 44.8 Å². The summed E-state index contributed by atoms with van der Waals surface area (Å²) in [4.78, 5) is 2.11. The summed E-state index contributed by atoms with van der Waals surface area (Å²) >= 11 is 0. The molecule has 0 amide bonds. The maximum absolute atomic E-state index is 14.1. The van der Waals surface area contributed by atoms with Crippen molar-refractivity contribution in [1.29, 1.82) is 0 Å². The first-order chi connectivity index (χ1) is 8.63. The Kier molecular flexibility index (Phi) is 4.23. The molecule has 1 aromatic rings. The van der Waals surface area contributed by atoms with E-state index in [1.54, 1.807) is 13.0 Å². The largest absolute Gasteiger partial charge is 0.389 e. The molecular weight excluding hydrogens is 229 g/mol. The zero-order valence-electron chi connectivity index (χ0n) is 11.2. The van der Waals surface area contributed by atoms with Crippen molar-refractivity contribution in [1.82, 2.24) is 0 Å². The van der Waals surface area contributed by atoms with Crippen LogP contribution in [-0.2, 0) is 0 Å². The van der Waals surface area contributed by atoms with Crippen molar-refractivity contribution in [2.45, 2.75) is 39.2 Å². The van der Waals surface area contributed by atoms with Gasteiger partial charge in [0.25, 0.3) is 0 Å². The van der Waals surface area contributed by atoms with Crippen LogP contribution in [0.15, 0.2) is 18.2 Å². The van der Waals surface area contributed by atoms with Gasteiger partial charge in [-0.3, -0.25) is 0 Å². The molecule has 18 heavy (non-hydrogen) atoms. The highest BCUT2D eigenvalue weighted by atomic mass is 19.1. The molecule has 100 valence electrons. The second kappa shape index (κ2) is 5.70. The van der Waals surface area contributed by atoms with Crippen LogP contribution < -0.4 is 4.90 Å². The van der Waals surface area contributed by atoms with E-state index in [9.17, 15) is 9.50 Å². The van der Waals surface area contributed by atoms with E-state index in [0.717, 1.165) is 25.9 Å². The van der Waals surface area contributed by atoms with E-state index in [4.69, 9.17) is 0 Å². The Morgan fingerprint density at radius 1 is 1.50 bits per heavy atom. The molecule has 0 aliphatic carbocycles. The minimum atomic E-state index is -0.627. The van der Waals surface area contributed by atoms with Gasteiger partial charge in [0.05, 0.1) is 11.8 Å². The lowest BCUT2D eigenvalue weighted by molar-refractivity contribution is 0.199. The number of halogens is 1. The van der Waals surface area contributed by atoms with Gasteiger partial charge in [-0.2, -0.15) is 0 Å². The quantitative estimate of drug-likeness (QED) is 0.888. The van der Waals surface area contributed by atoms with E-state index < -0.39 is 6.10 Å². The summed E-state index contributed by atoms with van der Waals surface area (Å²) in [5.74, 6) is 0.422. The molecular formula is C15H22FNO. The number of aliphatic hydroxyl groups excluding tert-OH is 1. The Labute approximate surface area is 108 Å². The van der Waals surface area contributed by atoms with Crippen LogP contribution >= 0.6 is 0 Å². The molecule has 2 unspecified atom stereocenters. The summed E-state index contributed by atoms with van der Waals surface area (Å²) in [6.07, 6.45) is 2.84. The molecule has 2 rings (SSSR count). The van der Waals surface area contributed by atoms with Crippen LogP contribution in [-0.4, -0.2) is 18.2 Å². The van der Waals surface area contributed by atoms with Crippen molar-refractivity contribution in [3.05, 3.63) is 29.6 Å². The maximum atomic E-state index is 14.1. The monoisotopic (exact) mass is 251 g/mol. The van der Waals surface area contributed by atoms with Gasteiger partial charge >= 0.3 is 0 Å². The van der Waals surface area contributed by atoms with E-state index in [1.807, 2.05) is 6.07 Å². The topological polar surface area (TPSA) is 23.5 Å². The molecule has 0 bridgehead atoms. The van der Waals surface area contributed by atoms with E-state index in [1.165, 1.54) is 12.5 Å². The number of para-hydroxylation sites is 1. The lowest BCUT2D eigenvalue weighted by Gasteiger charge is -2.35. The number of anilines is 1. The van der Waals surface area contributed by atoms with Gasteiger partial charge in [-0.1, -0.05) is 25.5 Å². The number of aliphatic hydroxyl groups is 1. The normalized spacial score (nSPS) is 22.0. The molecule has 2 nitrogen and oxygen atoms in total. The van der Waals surface area contributed by atoms with Gasteiger partial charge < -0.3 is 10.0 Å². The van der Waals surface area contributed by atoms with Crippen molar-refractivity contribution in [3.63, 3.8) is 0 Å². The Morgan fingerprint density at radius 2 is 2.28 bits per heavy atom. The second-order valence-corrected chi connectivity index (χ2v) is 5.22. The highest BCUT2D eigenvalue weighted by molar-refractivity contribution is 5.56. The molecule has 1 aliphatic rings. The fourth-order valence-corrected chi connectivity index (χ4v) is 2.80. The third-order valence-corrected chi connectivity index (χ3v) is 3.88. The number of benzene rings is 1. The number of rotatable bonds is 3. The minimum Gasteiger partial charge on any atom is -0.389 e.